The van der Waals surface area contributed by atoms with Crippen molar-refractivity contribution in [1.29, 1.82) is 0 Å². The number of benzene rings is 1. The van der Waals surface area contributed by atoms with Crippen LogP contribution >= 0.6 is 0 Å². The lowest BCUT2D eigenvalue weighted by Gasteiger charge is -2.03. The Balaban J connectivity index is 2.67. The normalized spacial score (nSPS) is 11.5. The van der Waals surface area contributed by atoms with E-state index in [1.807, 2.05) is 0 Å². The molecule has 19 heavy (non-hydrogen) atoms. The Hall–Kier alpha value is -2.19. The molecule has 0 spiro atoms. The third-order valence-electron chi connectivity index (χ3n) is 2.61. The Kier molecular flexibility index (Phi) is 3.13. The summed E-state index contributed by atoms with van der Waals surface area (Å²) in [4.78, 5) is 22.3. The number of carbonyl (C=O) groups is 1. The maximum atomic E-state index is 11.9. The highest BCUT2D eigenvalue weighted by molar-refractivity contribution is 7.85. The standard InChI is InChI=1S/C11H10N2O5S/c1-7-10(6-14)11(15)13(12-7)8-3-2-4-9(5-8)19(16,17)18/h2-6,12H,1H3,(H,16,17,18). The number of aromatic amines is 1. The fourth-order valence-electron chi connectivity index (χ4n) is 1.66. The first-order valence-corrected chi connectivity index (χ1v) is 6.63. The van der Waals surface area contributed by atoms with Gasteiger partial charge in [0.1, 0.15) is 5.56 Å². The molecule has 1 aromatic heterocycles. The van der Waals surface area contributed by atoms with Crippen molar-refractivity contribution in [2.24, 2.45) is 0 Å². The largest absolute Gasteiger partial charge is 0.298 e. The minimum absolute atomic E-state index is 0.0303. The lowest BCUT2D eigenvalue weighted by atomic mass is 10.3. The number of H-pyrrole nitrogens is 1. The number of nitrogens with one attached hydrogen (secondary N) is 1. The molecule has 2 rings (SSSR count). The van der Waals surface area contributed by atoms with E-state index in [1.54, 1.807) is 6.92 Å². The summed E-state index contributed by atoms with van der Waals surface area (Å²) in [7, 11) is -4.35. The highest BCUT2D eigenvalue weighted by Gasteiger charge is 2.14. The Morgan fingerprint density at radius 3 is 2.58 bits per heavy atom. The average molecular weight is 282 g/mol. The van der Waals surface area contributed by atoms with E-state index in [9.17, 15) is 18.0 Å². The van der Waals surface area contributed by atoms with Crippen LogP contribution in [0.2, 0.25) is 0 Å². The molecule has 0 unspecified atom stereocenters. The van der Waals surface area contributed by atoms with Crippen molar-refractivity contribution in [3.8, 4) is 5.69 Å². The molecule has 1 aromatic carbocycles. The van der Waals surface area contributed by atoms with E-state index in [4.69, 9.17) is 4.55 Å². The van der Waals surface area contributed by atoms with Crippen LogP contribution in [0.15, 0.2) is 34.0 Å². The summed E-state index contributed by atoms with van der Waals surface area (Å²) in [5.74, 6) is 0. The molecule has 0 saturated heterocycles. The summed E-state index contributed by atoms with van der Waals surface area (Å²) in [5, 5.41) is 2.66. The minimum atomic E-state index is -4.35. The summed E-state index contributed by atoms with van der Waals surface area (Å²) >= 11 is 0. The lowest BCUT2D eigenvalue weighted by Crippen LogP contribution is -2.17. The number of aryl methyl sites for hydroxylation is 1. The van der Waals surface area contributed by atoms with E-state index in [1.165, 1.54) is 18.2 Å². The van der Waals surface area contributed by atoms with Crippen molar-refractivity contribution in [3.63, 3.8) is 0 Å². The van der Waals surface area contributed by atoms with Crippen molar-refractivity contribution in [1.82, 2.24) is 9.78 Å². The number of nitrogens with zero attached hydrogens (tertiary/aromatic N) is 1. The first-order valence-electron chi connectivity index (χ1n) is 5.19. The molecule has 2 N–H and O–H groups in total. The quantitative estimate of drug-likeness (QED) is 0.630. The topological polar surface area (TPSA) is 109 Å². The van der Waals surface area contributed by atoms with Gasteiger partial charge in [0.2, 0.25) is 0 Å². The Morgan fingerprint density at radius 1 is 1.37 bits per heavy atom. The van der Waals surface area contributed by atoms with E-state index < -0.39 is 15.7 Å². The van der Waals surface area contributed by atoms with E-state index >= 15 is 0 Å². The second kappa shape index (κ2) is 4.48. The smallest absolute Gasteiger partial charge is 0.294 e. The van der Waals surface area contributed by atoms with Gasteiger partial charge < -0.3 is 0 Å². The van der Waals surface area contributed by atoms with Crippen molar-refractivity contribution in [2.75, 3.05) is 0 Å². The van der Waals surface area contributed by atoms with Crippen LogP contribution in [0.5, 0.6) is 0 Å². The number of rotatable bonds is 3. The third-order valence-corrected chi connectivity index (χ3v) is 3.46. The molecule has 0 aliphatic rings. The van der Waals surface area contributed by atoms with Gasteiger partial charge in [0.05, 0.1) is 10.6 Å². The monoisotopic (exact) mass is 282 g/mol. The van der Waals surface area contributed by atoms with E-state index in [2.05, 4.69) is 5.10 Å². The highest BCUT2D eigenvalue weighted by atomic mass is 32.2. The number of aromatic nitrogens is 2. The SMILES string of the molecule is Cc1[nH]n(-c2cccc(S(=O)(=O)O)c2)c(=O)c1C=O. The maximum absolute atomic E-state index is 11.9. The molecule has 0 aliphatic carbocycles. The molecule has 0 bridgehead atoms. The van der Waals surface area contributed by atoms with Gasteiger partial charge in [-0.2, -0.15) is 8.42 Å². The van der Waals surface area contributed by atoms with Crippen LogP contribution in [-0.2, 0) is 10.1 Å². The molecule has 8 heteroatoms. The van der Waals surface area contributed by atoms with Crippen LogP contribution < -0.4 is 5.56 Å². The number of carbonyl (C=O) groups excluding carboxylic acids is 1. The van der Waals surface area contributed by atoms with Gasteiger partial charge in [-0.15, -0.1) is 0 Å². The van der Waals surface area contributed by atoms with Crippen LogP contribution in [0.1, 0.15) is 16.1 Å². The van der Waals surface area contributed by atoms with Crippen LogP contribution in [-0.4, -0.2) is 29.0 Å². The average Bonchev–Trinajstić information content (AvgIpc) is 2.63. The lowest BCUT2D eigenvalue weighted by molar-refractivity contribution is 0.112. The summed E-state index contributed by atoms with van der Waals surface area (Å²) in [6.45, 7) is 1.55. The molecular formula is C11H10N2O5S. The summed E-state index contributed by atoms with van der Waals surface area (Å²) in [6, 6.07) is 5.17. The first-order chi connectivity index (χ1) is 8.84. The molecule has 100 valence electrons. The highest BCUT2D eigenvalue weighted by Crippen LogP contribution is 2.13. The molecule has 0 saturated carbocycles. The van der Waals surface area contributed by atoms with E-state index in [-0.39, 0.29) is 16.1 Å². The van der Waals surface area contributed by atoms with Gasteiger partial charge in [0.25, 0.3) is 15.7 Å². The maximum Gasteiger partial charge on any atom is 0.294 e. The van der Waals surface area contributed by atoms with Gasteiger partial charge in [0.15, 0.2) is 6.29 Å². The third kappa shape index (κ3) is 2.35. The first kappa shape index (κ1) is 13.2. The predicted octanol–water partition coefficient (Wildman–Crippen LogP) is 0.533. The molecule has 0 atom stereocenters. The second-order valence-electron chi connectivity index (χ2n) is 3.88. The van der Waals surface area contributed by atoms with Crippen molar-refractivity contribution >= 4 is 16.4 Å². The summed E-state index contributed by atoms with van der Waals surface area (Å²) in [6.07, 6.45) is 0.428. The van der Waals surface area contributed by atoms with Crippen molar-refractivity contribution in [3.05, 3.63) is 45.9 Å². The molecule has 0 fully saturated rings. The summed E-state index contributed by atoms with van der Waals surface area (Å²) in [5.41, 5.74) is -0.0363. The Morgan fingerprint density at radius 2 is 2.05 bits per heavy atom. The molecule has 1 heterocycles. The Labute approximate surface area is 108 Å². The zero-order valence-corrected chi connectivity index (χ0v) is 10.6. The van der Waals surface area contributed by atoms with Crippen LogP contribution in [0.25, 0.3) is 5.69 Å². The number of hydrogen-bond acceptors (Lipinski definition) is 4. The van der Waals surface area contributed by atoms with Crippen molar-refractivity contribution < 1.29 is 17.8 Å². The second-order valence-corrected chi connectivity index (χ2v) is 5.30. The van der Waals surface area contributed by atoms with Gasteiger partial charge in [-0.1, -0.05) is 6.07 Å². The minimum Gasteiger partial charge on any atom is -0.298 e. The van der Waals surface area contributed by atoms with E-state index in [0.29, 0.717) is 12.0 Å². The van der Waals surface area contributed by atoms with Crippen LogP contribution in [0, 0.1) is 6.92 Å². The van der Waals surface area contributed by atoms with Gasteiger partial charge in [-0.05, 0) is 25.1 Å². The molecular weight excluding hydrogens is 272 g/mol. The molecule has 2 aromatic rings. The zero-order chi connectivity index (χ0) is 14.2. The fourth-order valence-corrected chi connectivity index (χ4v) is 2.18. The van der Waals surface area contributed by atoms with Crippen LogP contribution in [0.3, 0.4) is 0 Å². The fraction of sp³-hybridized carbons (Fsp3) is 0.0909. The van der Waals surface area contributed by atoms with Gasteiger partial charge in [-0.25, -0.2) is 4.68 Å². The molecule has 0 aliphatic heterocycles. The van der Waals surface area contributed by atoms with Crippen molar-refractivity contribution in [2.45, 2.75) is 11.8 Å². The zero-order valence-electron chi connectivity index (χ0n) is 9.82. The van der Waals surface area contributed by atoms with Crippen LogP contribution in [0.4, 0.5) is 0 Å². The number of hydrogen-bond donors (Lipinski definition) is 2. The molecule has 0 amide bonds. The Bertz CT molecular complexity index is 801. The van der Waals surface area contributed by atoms with Gasteiger partial charge in [-0.3, -0.25) is 19.2 Å². The van der Waals surface area contributed by atoms with E-state index in [0.717, 1.165) is 10.7 Å². The summed E-state index contributed by atoms with van der Waals surface area (Å²) < 4.78 is 32.1. The predicted molar refractivity (Wildman–Crippen MR) is 66.3 cm³/mol. The van der Waals surface area contributed by atoms with Gasteiger partial charge >= 0.3 is 0 Å². The molecule has 0 radical (unpaired) electrons. The van der Waals surface area contributed by atoms with Gasteiger partial charge in [0, 0.05) is 5.69 Å². The number of aldehydes is 1. The molecule has 7 nitrogen and oxygen atoms in total.